The van der Waals surface area contributed by atoms with Crippen LogP contribution in [0.25, 0.3) is 0 Å². The van der Waals surface area contributed by atoms with Crippen molar-refractivity contribution < 1.29 is 9.53 Å². The highest BCUT2D eigenvalue weighted by Crippen LogP contribution is 2.29. The zero-order chi connectivity index (χ0) is 11.4. The fourth-order valence-corrected chi connectivity index (χ4v) is 2.95. The first-order valence-electron chi connectivity index (χ1n) is 6.96. The standard InChI is InChI=1S/C14H24O2/c1-11-7-9-13(10-8-11)16-14(15)12-5-3-2-4-6-12/h11-13H,2-10H2,1H3. The fraction of sp³-hybridized carbons (Fsp3) is 0.929. The average molecular weight is 224 g/mol. The Morgan fingerprint density at radius 3 is 2.19 bits per heavy atom. The van der Waals surface area contributed by atoms with Crippen LogP contribution in [0.3, 0.4) is 0 Å². The van der Waals surface area contributed by atoms with Gasteiger partial charge in [0, 0.05) is 0 Å². The van der Waals surface area contributed by atoms with E-state index in [1.807, 2.05) is 0 Å². The van der Waals surface area contributed by atoms with Crippen LogP contribution in [0.15, 0.2) is 0 Å². The molecule has 0 aromatic rings. The summed E-state index contributed by atoms with van der Waals surface area (Å²) in [5, 5.41) is 0. The first kappa shape index (κ1) is 11.9. The van der Waals surface area contributed by atoms with Gasteiger partial charge in [-0.1, -0.05) is 26.2 Å². The fourth-order valence-electron chi connectivity index (χ4n) is 2.95. The average Bonchev–Trinajstić information content (AvgIpc) is 2.33. The third-order valence-corrected chi connectivity index (χ3v) is 4.18. The third kappa shape index (κ3) is 3.23. The molecule has 2 rings (SSSR count). The topological polar surface area (TPSA) is 26.3 Å². The molecular formula is C14H24O2. The van der Waals surface area contributed by atoms with E-state index < -0.39 is 0 Å². The zero-order valence-corrected chi connectivity index (χ0v) is 10.4. The largest absolute Gasteiger partial charge is 0.462 e. The van der Waals surface area contributed by atoms with Gasteiger partial charge in [0.25, 0.3) is 0 Å². The van der Waals surface area contributed by atoms with Gasteiger partial charge in [0.1, 0.15) is 6.10 Å². The number of rotatable bonds is 2. The van der Waals surface area contributed by atoms with Gasteiger partial charge >= 0.3 is 5.97 Å². The quantitative estimate of drug-likeness (QED) is 0.669. The number of hydrogen-bond donors (Lipinski definition) is 0. The first-order chi connectivity index (χ1) is 7.75. The Kier molecular flexibility index (Phi) is 4.25. The molecule has 0 bridgehead atoms. The van der Waals surface area contributed by atoms with Gasteiger partial charge in [-0.2, -0.15) is 0 Å². The van der Waals surface area contributed by atoms with Gasteiger partial charge in [-0.15, -0.1) is 0 Å². The predicted molar refractivity (Wildman–Crippen MR) is 64.1 cm³/mol. The maximum Gasteiger partial charge on any atom is 0.309 e. The molecular weight excluding hydrogens is 200 g/mol. The van der Waals surface area contributed by atoms with Crippen molar-refractivity contribution in [1.82, 2.24) is 0 Å². The van der Waals surface area contributed by atoms with Gasteiger partial charge in [0.15, 0.2) is 0 Å². The predicted octanol–water partition coefficient (Wildman–Crippen LogP) is 3.69. The molecule has 0 saturated heterocycles. The third-order valence-electron chi connectivity index (χ3n) is 4.18. The highest BCUT2D eigenvalue weighted by atomic mass is 16.5. The second kappa shape index (κ2) is 5.70. The SMILES string of the molecule is CC1CCC(OC(=O)C2CCCCC2)CC1. The Bertz CT molecular complexity index is 223. The Labute approximate surface area is 98.7 Å². The van der Waals surface area contributed by atoms with Crippen LogP contribution in [0.1, 0.15) is 64.7 Å². The lowest BCUT2D eigenvalue weighted by Crippen LogP contribution is -2.28. The molecule has 92 valence electrons. The molecule has 2 heteroatoms. The number of hydrogen-bond acceptors (Lipinski definition) is 2. The monoisotopic (exact) mass is 224 g/mol. The molecule has 0 unspecified atom stereocenters. The van der Waals surface area contributed by atoms with Gasteiger partial charge in [0.05, 0.1) is 5.92 Å². The van der Waals surface area contributed by atoms with E-state index in [1.165, 1.54) is 32.1 Å². The van der Waals surface area contributed by atoms with Crippen molar-refractivity contribution in [3.05, 3.63) is 0 Å². The van der Waals surface area contributed by atoms with E-state index in [4.69, 9.17) is 4.74 Å². The normalized spacial score (nSPS) is 32.3. The Morgan fingerprint density at radius 1 is 0.938 bits per heavy atom. The molecule has 0 amide bonds. The second-order valence-corrected chi connectivity index (χ2v) is 5.65. The molecule has 0 radical (unpaired) electrons. The summed E-state index contributed by atoms with van der Waals surface area (Å²) in [6, 6.07) is 0. The minimum absolute atomic E-state index is 0.0965. The lowest BCUT2D eigenvalue weighted by molar-refractivity contribution is -0.157. The maximum atomic E-state index is 11.9. The summed E-state index contributed by atoms with van der Waals surface area (Å²) in [5.74, 6) is 1.14. The van der Waals surface area contributed by atoms with E-state index in [9.17, 15) is 4.79 Å². The van der Waals surface area contributed by atoms with Gasteiger partial charge < -0.3 is 4.74 Å². The van der Waals surface area contributed by atoms with Crippen molar-refractivity contribution in [3.8, 4) is 0 Å². The van der Waals surface area contributed by atoms with Crippen molar-refractivity contribution in [2.75, 3.05) is 0 Å². The van der Waals surface area contributed by atoms with Crippen molar-refractivity contribution in [3.63, 3.8) is 0 Å². The van der Waals surface area contributed by atoms with E-state index in [0.717, 1.165) is 31.6 Å². The second-order valence-electron chi connectivity index (χ2n) is 5.65. The molecule has 0 aromatic heterocycles. The van der Waals surface area contributed by atoms with Crippen LogP contribution < -0.4 is 0 Å². The minimum atomic E-state index is 0.0965. The molecule has 0 N–H and O–H groups in total. The first-order valence-corrected chi connectivity index (χ1v) is 6.96. The van der Waals surface area contributed by atoms with Crippen LogP contribution >= 0.6 is 0 Å². The zero-order valence-electron chi connectivity index (χ0n) is 10.4. The Balaban J connectivity index is 1.73. The van der Waals surface area contributed by atoms with Crippen molar-refractivity contribution in [2.24, 2.45) is 11.8 Å². The summed E-state index contributed by atoms with van der Waals surface area (Å²) in [5.41, 5.74) is 0. The molecule has 0 aromatic carbocycles. The molecule has 0 spiro atoms. The summed E-state index contributed by atoms with van der Waals surface area (Å²) in [7, 11) is 0. The molecule has 2 aliphatic carbocycles. The van der Waals surface area contributed by atoms with Crippen LogP contribution in [0.5, 0.6) is 0 Å². The van der Waals surface area contributed by atoms with E-state index in [2.05, 4.69) is 6.92 Å². The van der Waals surface area contributed by atoms with Gasteiger partial charge in [-0.3, -0.25) is 4.79 Å². The highest BCUT2D eigenvalue weighted by Gasteiger charge is 2.27. The minimum Gasteiger partial charge on any atom is -0.462 e. The van der Waals surface area contributed by atoms with Crippen LogP contribution in [0, 0.1) is 11.8 Å². The maximum absolute atomic E-state index is 11.9. The Hall–Kier alpha value is -0.530. The molecule has 2 saturated carbocycles. The molecule has 0 atom stereocenters. The summed E-state index contributed by atoms with van der Waals surface area (Å²) < 4.78 is 5.64. The van der Waals surface area contributed by atoms with Gasteiger partial charge in [-0.05, 0) is 44.4 Å². The van der Waals surface area contributed by atoms with Crippen LogP contribution in [0.4, 0.5) is 0 Å². The molecule has 2 aliphatic rings. The number of ether oxygens (including phenoxy) is 1. The summed E-state index contributed by atoms with van der Waals surface area (Å²) in [6.45, 7) is 2.29. The lowest BCUT2D eigenvalue weighted by Gasteiger charge is -2.28. The van der Waals surface area contributed by atoms with Crippen LogP contribution in [-0.2, 0) is 9.53 Å². The van der Waals surface area contributed by atoms with Crippen molar-refractivity contribution in [1.29, 1.82) is 0 Å². The van der Waals surface area contributed by atoms with E-state index in [-0.39, 0.29) is 18.0 Å². The van der Waals surface area contributed by atoms with Crippen LogP contribution in [0.2, 0.25) is 0 Å². The lowest BCUT2D eigenvalue weighted by atomic mass is 9.87. The summed E-state index contributed by atoms with van der Waals surface area (Å²) in [4.78, 5) is 11.9. The molecule has 2 nitrogen and oxygen atoms in total. The highest BCUT2D eigenvalue weighted by molar-refractivity contribution is 5.72. The molecule has 16 heavy (non-hydrogen) atoms. The smallest absolute Gasteiger partial charge is 0.309 e. The van der Waals surface area contributed by atoms with Crippen LogP contribution in [-0.4, -0.2) is 12.1 Å². The van der Waals surface area contributed by atoms with E-state index in [0.29, 0.717) is 0 Å². The van der Waals surface area contributed by atoms with Gasteiger partial charge in [-0.25, -0.2) is 0 Å². The number of carbonyl (C=O) groups is 1. The van der Waals surface area contributed by atoms with E-state index >= 15 is 0 Å². The number of esters is 1. The molecule has 0 aliphatic heterocycles. The molecule has 2 fully saturated rings. The van der Waals surface area contributed by atoms with Crippen molar-refractivity contribution in [2.45, 2.75) is 70.8 Å². The van der Waals surface area contributed by atoms with E-state index in [1.54, 1.807) is 0 Å². The summed E-state index contributed by atoms with van der Waals surface area (Å²) >= 11 is 0. The summed E-state index contributed by atoms with van der Waals surface area (Å²) in [6.07, 6.45) is 10.7. The molecule has 0 heterocycles. The van der Waals surface area contributed by atoms with Gasteiger partial charge in [0.2, 0.25) is 0 Å². The number of carbonyl (C=O) groups excluding carboxylic acids is 1. The van der Waals surface area contributed by atoms with Crippen molar-refractivity contribution >= 4 is 5.97 Å². The Morgan fingerprint density at radius 2 is 1.56 bits per heavy atom.